The van der Waals surface area contributed by atoms with Crippen LogP contribution in [0.1, 0.15) is 41.3 Å². The van der Waals surface area contributed by atoms with Crippen molar-refractivity contribution in [2.45, 2.75) is 32.1 Å². The summed E-state index contributed by atoms with van der Waals surface area (Å²) in [5.74, 6) is -0.190. The van der Waals surface area contributed by atoms with Crippen LogP contribution in [0.25, 0.3) is 0 Å². The molecule has 0 aliphatic carbocycles. The predicted octanol–water partition coefficient (Wildman–Crippen LogP) is 3.87. The number of carbonyl (C=O) groups is 2. The number of benzene rings is 2. The highest BCUT2D eigenvalue weighted by atomic mass is 16.5. The fourth-order valence-corrected chi connectivity index (χ4v) is 3.64. The van der Waals surface area contributed by atoms with E-state index in [0.29, 0.717) is 37.5 Å². The van der Waals surface area contributed by atoms with E-state index < -0.39 is 11.4 Å². The number of esters is 1. The van der Waals surface area contributed by atoms with Gasteiger partial charge in [0, 0.05) is 18.9 Å². The first-order valence-corrected chi connectivity index (χ1v) is 9.81. The molecule has 0 atom stereocenters. The van der Waals surface area contributed by atoms with Crippen molar-refractivity contribution in [1.29, 1.82) is 0 Å². The first-order valence-electron chi connectivity index (χ1n) is 9.81. The number of amides is 1. The molecule has 0 unspecified atom stereocenters. The standard InChI is InChI=1S/C23H27NO5/c1-4-29-21(25)19-15-18(9-10-20(19)27-3)24-22(26)23(11-13-28-14-12-23)17-7-5-16(2)6-8-17/h5-10,15H,4,11-14H2,1-3H3,(H,24,26). The van der Waals surface area contributed by atoms with Gasteiger partial charge in [0.25, 0.3) is 0 Å². The summed E-state index contributed by atoms with van der Waals surface area (Å²) >= 11 is 0. The molecule has 29 heavy (non-hydrogen) atoms. The maximum absolute atomic E-state index is 13.4. The first-order chi connectivity index (χ1) is 14.0. The van der Waals surface area contributed by atoms with Crippen molar-refractivity contribution >= 4 is 17.6 Å². The van der Waals surface area contributed by atoms with Crippen molar-refractivity contribution < 1.29 is 23.8 Å². The smallest absolute Gasteiger partial charge is 0.341 e. The number of nitrogens with one attached hydrogen (secondary N) is 1. The van der Waals surface area contributed by atoms with Crippen molar-refractivity contribution in [1.82, 2.24) is 0 Å². The van der Waals surface area contributed by atoms with Gasteiger partial charge >= 0.3 is 5.97 Å². The molecule has 3 rings (SSSR count). The van der Waals surface area contributed by atoms with Gasteiger partial charge in [0.1, 0.15) is 11.3 Å². The zero-order chi connectivity index (χ0) is 20.9. The van der Waals surface area contributed by atoms with Crippen LogP contribution in [0.15, 0.2) is 42.5 Å². The Labute approximate surface area is 171 Å². The Balaban J connectivity index is 1.91. The van der Waals surface area contributed by atoms with E-state index in [0.717, 1.165) is 11.1 Å². The Kier molecular flexibility index (Phi) is 6.54. The molecule has 1 fully saturated rings. The maximum Gasteiger partial charge on any atom is 0.341 e. The van der Waals surface area contributed by atoms with Crippen LogP contribution in [0, 0.1) is 6.92 Å². The number of ether oxygens (including phenoxy) is 3. The van der Waals surface area contributed by atoms with Gasteiger partial charge in [-0.15, -0.1) is 0 Å². The summed E-state index contributed by atoms with van der Waals surface area (Å²) in [6.07, 6.45) is 1.20. The van der Waals surface area contributed by atoms with Gasteiger partial charge < -0.3 is 19.5 Å². The van der Waals surface area contributed by atoms with Crippen molar-refractivity contribution in [3.63, 3.8) is 0 Å². The lowest BCUT2D eigenvalue weighted by Gasteiger charge is -2.36. The largest absolute Gasteiger partial charge is 0.496 e. The van der Waals surface area contributed by atoms with Crippen LogP contribution >= 0.6 is 0 Å². The lowest BCUT2D eigenvalue weighted by atomic mass is 9.73. The van der Waals surface area contributed by atoms with Crippen LogP contribution in [0.5, 0.6) is 5.75 Å². The normalized spacial score (nSPS) is 15.4. The van der Waals surface area contributed by atoms with Crippen molar-refractivity contribution in [3.05, 3.63) is 59.2 Å². The van der Waals surface area contributed by atoms with Gasteiger partial charge in [0.2, 0.25) is 5.91 Å². The Morgan fingerprint density at radius 3 is 2.41 bits per heavy atom. The molecule has 0 spiro atoms. The molecule has 1 N–H and O–H groups in total. The van der Waals surface area contributed by atoms with Gasteiger partial charge in [-0.25, -0.2) is 4.79 Å². The van der Waals surface area contributed by atoms with Crippen LogP contribution in [0.4, 0.5) is 5.69 Å². The highest BCUT2D eigenvalue weighted by molar-refractivity contribution is 6.01. The fourth-order valence-electron chi connectivity index (χ4n) is 3.64. The molecule has 0 bridgehead atoms. The van der Waals surface area contributed by atoms with E-state index in [4.69, 9.17) is 14.2 Å². The second-order valence-electron chi connectivity index (χ2n) is 7.15. The third kappa shape index (κ3) is 4.43. The fraction of sp³-hybridized carbons (Fsp3) is 0.391. The third-order valence-electron chi connectivity index (χ3n) is 5.34. The summed E-state index contributed by atoms with van der Waals surface area (Å²) in [5, 5.41) is 3.00. The van der Waals surface area contributed by atoms with E-state index in [1.807, 2.05) is 31.2 Å². The molecular formula is C23H27NO5. The van der Waals surface area contributed by atoms with E-state index in [-0.39, 0.29) is 18.1 Å². The lowest BCUT2D eigenvalue weighted by Crippen LogP contribution is -2.44. The highest BCUT2D eigenvalue weighted by Crippen LogP contribution is 2.36. The van der Waals surface area contributed by atoms with Crippen LogP contribution in [-0.2, 0) is 19.7 Å². The van der Waals surface area contributed by atoms with E-state index >= 15 is 0 Å². The summed E-state index contributed by atoms with van der Waals surface area (Å²) < 4.78 is 15.9. The van der Waals surface area contributed by atoms with Gasteiger partial charge in [-0.1, -0.05) is 29.8 Å². The molecule has 154 valence electrons. The molecule has 1 saturated heterocycles. The molecule has 1 heterocycles. The number of anilines is 1. The highest BCUT2D eigenvalue weighted by Gasteiger charge is 2.41. The predicted molar refractivity (Wildman–Crippen MR) is 110 cm³/mol. The minimum absolute atomic E-state index is 0.107. The van der Waals surface area contributed by atoms with Crippen molar-refractivity contribution in [2.75, 3.05) is 32.2 Å². The SMILES string of the molecule is CCOC(=O)c1cc(NC(=O)C2(c3ccc(C)cc3)CCOCC2)ccc1OC. The number of methoxy groups -OCH3 is 1. The van der Waals surface area contributed by atoms with E-state index in [2.05, 4.69) is 5.32 Å². The number of hydrogen-bond acceptors (Lipinski definition) is 5. The monoisotopic (exact) mass is 397 g/mol. The Hall–Kier alpha value is -2.86. The first kappa shape index (κ1) is 20.9. The zero-order valence-electron chi connectivity index (χ0n) is 17.1. The third-order valence-corrected chi connectivity index (χ3v) is 5.34. The average molecular weight is 397 g/mol. The topological polar surface area (TPSA) is 73.9 Å². The van der Waals surface area contributed by atoms with Crippen molar-refractivity contribution in [3.8, 4) is 5.75 Å². The lowest BCUT2D eigenvalue weighted by molar-refractivity contribution is -0.125. The Morgan fingerprint density at radius 1 is 1.10 bits per heavy atom. The van der Waals surface area contributed by atoms with Crippen LogP contribution in [0.3, 0.4) is 0 Å². The molecule has 0 saturated carbocycles. The molecule has 2 aromatic carbocycles. The number of carbonyl (C=O) groups excluding carboxylic acids is 2. The second-order valence-corrected chi connectivity index (χ2v) is 7.15. The van der Waals surface area contributed by atoms with Gasteiger partial charge in [0.05, 0.1) is 19.1 Å². The van der Waals surface area contributed by atoms with Gasteiger partial charge in [0.15, 0.2) is 0 Å². The minimum atomic E-state index is -0.671. The molecule has 0 radical (unpaired) electrons. The molecular weight excluding hydrogens is 370 g/mol. The van der Waals surface area contributed by atoms with Crippen LogP contribution < -0.4 is 10.1 Å². The Morgan fingerprint density at radius 2 is 1.79 bits per heavy atom. The summed E-state index contributed by atoms with van der Waals surface area (Å²) in [7, 11) is 1.49. The summed E-state index contributed by atoms with van der Waals surface area (Å²) in [5.41, 5.74) is 2.25. The van der Waals surface area contributed by atoms with Gasteiger partial charge in [-0.05, 0) is 50.5 Å². The van der Waals surface area contributed by atoms with E-state index in [1.165, 1.54) is 7.11 Å². The van der Waals surface area contributed by atoms with Crippen molar-refractivity contribution in [2.24, 2.45) is 0 Å². The van der Waals surface area contributed by atoms with E-state index in [1.54, 1.807) is 25.1 Å². The van der Waals surface area contributed by atoms with E-state index in [9.17, 15) is 9.59 Å². The molecule has 6 heteroatoms. The molecule has 1 amide bonds. The van der Waals surface area contributed by atoms with Crippen LogP contribution in [0.2, 0.25) is 0 Å². The Bertz CT molecular complexity index is 869. The molecule has 6 nitrogen and oxygen atoms in total. The quantitative estimate of drug-likeness (QED) is 0.749. The average Bonchev–Trinajstić information content (AvgIpc) is 2.74. The summed E-state index contributed by atoms with van der Waals surface area (Å²) in [6.45, 7) is 5.08. The summed E-state index contributed by atoms with van der Waals surface area (Å²) in [6, 6.07) is 13.0. The minimum Gasteiger partial charge on any atom is -0.496 e. The zero-order valence-corrected chi connectivity index (χ0v) is 17.1. The molecule has 1 aliphatic heterocycles. The molecule has 1 aliphatic rings. The number of rotatable bonds is 6. The number of aryl methyl sites for hydroxylation is 1. The van der Waals surface area contributed by atoms with Crippen LogP contribution in [-0.4, -0.2) is 38.8 Å². The van der Waals surface area contributed by atoms with Gasteiger partial charge in [-0.3, -0.25) is 4.79 Å². The number of hydrogen-bond donors (Lipinski definition) is 1. The maximum atomic E-state index is 13.4. The second kappa shape index (κ2) is 9.09. The summed E-state index contributed by atoms with van der Waals surface area (Å²) in [4.78, 5) is 25.7. The molecule has 0 aromatic heterocycles. The molecule has 2 aromatic rings. The van der Waals surface area contributed by atoms with Gasteiger partial charge in [-0.2, -0.15) is 0 Å².